The number of carbonyl (C=O) groups is 3. The van der Waals surface area contributed by atoms with Gasteiger partial charge in [-0.2, -0.15) is 0 Å². The highest BCUT2D eigenvalue weighted by Crippen LogP contribution is 2.17. The van der Waals surface area contributed by atoms with Crippen molar-refractivity contribution in [3.63, 3.8) is 0 Å². The molecule has 0 aliphatic carbocycles. The Labute approximate surface area is 321 Å². The zero-order valence-corrected chi connectivity index (χ0v) is 34.2. The molecule has 52 heavy (non-hydrogen) atoms. The molecule has 7 nitrogen and oxygen atoms in total. The van der Waals surface area contributed by atoms with Crippen molar-refractivity contribution >= 4 is 17.8 Å². The van der Waals surface area contributed by atoms with Gasteiger partial charge >= 0.3 is 11.9 Å². The number of allylic oxidation sites excluding steroid dienone is 3. The maximum atomic E-state index is 12.7. The average molecular weight is 733 g/mol. The summed E-state index contributed by atoms with van der Waals surface area (Å²) in [4.78, 5) is 36.2. The third-order valence-corrected chi connectivity index (χ3v) is 9.98. The molecule has 0 heterocycles. The summed E-state index contributed by atoms with van der Waals surface area (Å²) in [7, 11) is 0. The summed E-state index contributed by atoms with van der Waals surface area (Å²) in [5.41, 5.74) is 5.47. The van der Waals surface area contributed by atoms with Crippen molar-refractivity contribution in [2.45, 2.75) is 238 Å². The molecule has 0 rings (SSSR count). The van der Waals surface area contributed by atoms with Crippen LogP contribution < -0.4 is 11.1 Å². The minimum Gasteiger partial charge on any atom is -0.480 e. The molecule has 0 saturated carbocycles. The normalized spacial score (nSPS) is 12.8. The van der Waals surface area contributed by atoms with Crippen molar-refractivity contribution < 1.29 is 24.2 Å². The zero-order valence-electron chi connectivity index (χ0n) is 34.2. The molecule has 2 unspecified atom stereocenters. The molecule has 0 spiro atoms. The molecule has 0 saturated heterocycles. The van der Waals surface area contributed by atoms with Crippen LogP contribution in [0.3, 0.4) is 0 Å². The number of esters is 1. The lowest BCUT2D eigenvalue weighted by atomic mass is 10.0. The van der Waals surface area contributed by atoms with Crippen LogP contribution >= 0.6 is 0 Å². The number of nitrogens with two attached hydrogens (primary N) is 1. The molecule has 0 aliphatic heterocycles. The van der Waals surface area contributed by atoms with Gasteiger partial charge in [0.1, 0.15) is 12.1 Å². The van der Waals surface area contributed by atoms with Crippen LogP contribution in [0.25, 0.3) is 0 Å². The van der Waals surface area contributed by atoms with E-state index in [9.17, 15) is 19.5 Å². The summed E-state index contributed by atoms with van der Waals surface area (Å²) in [5, 5.41) is 11.9. The largest absolute Gasteiger partial charge is 0.480 e. The minimum atomic E-state index is -1.02. The fraction of sp³-hybridized carbons (Fsp3) is 0.844. The first-order valence-corrected chi connectivity index (χ1v) is 22.2. The van der Waals surface area contributed by atoms with Crippen LogP contribution in [-0.2, 0) is 19.1 Å². The van der Waals surface area contributed by atoms with Gasteiger partial charge in [-0.3, -0.25) is 9.59 Å². The highest BCUT2D eigenvalue weighted by molar-refractivity contribution is 5.83. The number of nitrogens with one attached hydrogen (secondary N) is 1. The van der Waals surface area contributed by atoms with Crippen molar-refractivity contribution in [3.8, 4) is 0 Å². The molecule has 1 amide bonds. The van der Waals surface area contributed by atoms with Gasteiger partial charge < -0.3 is 20.9 Å². The summed E-state index contributed by atoms with van der Waals surface area (Å²) >= 11 is 0. The van der Waals surface area contributed by atoms with Gasteiger partial charge in [-0.15, -0.1) is 0 Å². The molecule has 0 aromatic rings. The zero-order chi connectivity index (χ0) is 38.2. The van der Waals surface area contributed by atoms with E-state index >= 15 is 0 Å². The van der Waals surface area contributed by atoms with Gasteiger partial charge in [-0.05, 0) is 64.0 Å². The monoisotopic (exact) mass is 733 g/mol. The Morgan fingerprint density at radius 2 is 1.06 bits per heavy atom. The first kappa shape index (κ1) is 49.9. The van der Waals surface area contributed by atoms with Crippen LogP contribution in [0.4, 0.5) is 0 Å². The fourth-order valence-corrected chi connectivity index (χ4v) is 6.64. The Balaban J connectivity index is 4.02. The van der Waals surface area contributed by atoms with Crippen molar-refractivity contribution in [2.24, 2.45) is 5.73 Å². The van der Waals surface area contributed by atoms with Crippen LogP contribution in [0, 0.1) is 0 Å². The molecule has 7 heteroatoms. The molecule has 2 atom stereocenters. The van der Waals surface area contributed by atoms with Crippen LogP contribution in [0.5, 0.6) is 0 Å². The molecular weight excluding hydrogens is 649 g/mol. The molecule has 0 aromatic heterocycles. The summed E-state index contributed by atoms with van der Waals surface area (Å²) in [6.07, 6.45) is 45.5. The molecule has 0 aliphatic rings. The molecule has 4 N–H and O–H groups in total. The van der Waals surface area contributed by atoms with Crippen LogP contribution in [-0.4, -0.2) is 41.6 Å². The highest BCUT2D eigenvalue weighted by Gasteiger charge is 2.19. The van der Waals surface area contributed by atoms with E-state index in [4.69, 9.17) is 10.5 Å². The quantitative estimate of drug-likeness (QED) is 0.0328. The van der Waals surface area contributed by atoms with Crippen LogP contribution in [0.15, 0.2) is 24.3 Å². The second-order valence-electron chi connectivity index (χ2n) is 15.1. The number of aliphatic carboxylic acids is 1. The summed E-state index contributed by atoms with van der Waals surface area (Å²) in [5.74, 6) is -1.35. The lowest BCUT2D eigenvalue weighted by molar-refractivity contribution is -0.147. The minimum absolute atomic E-state index is 0.103. The maximum absolute atomic E-state index is 12.7. The van der Waals surface area contributed by atoms with Crippen molar-refractivity contribution in [1.29, 1.82) is 0 Å². The maximum Gasteiger partial charge on any atom is 0.326 e. The van der Waals surface area contributed by atoms with Gasteiger partial charge in [-0.25, -0.2) is 4.79 Å². The SMILES string of the molecule is CCC/C=C\C/C=C\C(CCCCCCC(=O)NC(CCCN)C(=O)O)OC(=O)CCCCCCCCCCCCCCCCCCCCCCC. The Bertz CT molecular complexity index is 874. The second-order valence-corrected chi connectivity index (χ2v) is 15.1. The summed E-state index contributed by atoms with van der Waals surface area (Å²) < 4.78 is 5.89. The molecular formula is C45H84N2O5. The third kappa shape index (κ3) is 36.2. The van der Waals surface area contributed by atoms with E-state index in [-0.39, 0.29) is 18.0 Å². The van der Waals surface area contributed by atoms with Crippen LogP contribution in [0.2, 0.25) is 0 Å². The third-order valence-electron chi connectivity index (χ3n) is 9.98. The Morgan fingerprint density at radius 3 is 1.54 bits per heavy atom. The van der Waals surface area contributed by atoms with E-state index in [0.717, 1.165) is 57.8 Å². The number of unbranched alkanes of at least 4 members (excludes halogenated alkanes) is 24. The highest BCUT2D eigenvalue weighted by atomic mass is 16.5. The lowest BCUT2D eigenvalue weighted by Gasteiger charge is -2.15. The Kier molecular flexibility index (Phi) is 38.4. The number of carbonyl (C=O) groups excluding carboxylic acids is 2. The van der Waals surface area contributed by atoms with E-state index in [2.05, 4.69) is 37.4 Å². The molecule has 304 valence electrons. The number of hydrogen-bond acceptors (Lipinski definition) is 5. The van der Waals surface area contributed by atoms with E-state index in [0.29, 0.717) is 38.6 Å². The van der Waals surface area contributed by atoms with E-state index in [1.165, 1.54) is 122 Å². The first-order valence-electron chi connectivity index (χ1n) is 22.2. The number of carboxylic acid groups (broad SMARTS) is 1. The number of rotatable bonds is 40. The van der Waals surface area contributed by atoms with E-state index in [1.54, 1.807) is 0 Å². The van der Waals surface area contributed by atoms with Gasteiger partial charge in [0.2, 0.25) is 5.91 Å². The van der Waals surface area contributed by atoms with Crippen molar-refractivity contribution in [3.05, 3.63) is 24.3 Å². The summed E-state index contributed by atoms with van der Waals surface area (Å²) in [6, 6.07) is -0.872. The summed E-state index contributed by atoms with van der Waals surface area (Å²) in [6.45, 7) is 4.86. The molecule has 0 aromatic carbocycles. The van der Waals surface area contributed by atoms with Crippen molar-refractivity contribution in [1.82, 2.24) is 5.32 Å². The van der Waals surface area contributed by atoms with Gasteiger partial charge in [-0.1, -0.05) is 180 Å². The Morgan fingerprint density at radius 1 is 0.577 bits per heavy atom. The fourth-order valence-electron chi connectivity index (χ4n) is 6.64. The average Bonchev–Trinajstić information content (AvgIpc) is 3.13. The van der Waals surface area contributed by atoms with Gasteiger partial charge in [0.25, 0.3) is 0 Å². The first-order chi connectivity index (χ1) is 25.4. The molecule has 0 fully saturated rings. The lowest BCUT2D eigenvalue weighted by Crippen LogP contribution is -2.40. The Hall–Kier alpha value is -2.15. The van der Waals surface area contributed by atoms with Crippen LogP contribution in [0.1, 0.15) is 226 Å². The molecule has 0 radical (unpaired) electrons. The predicted octanol–water partition coefficient (Wildman–Crippen LogP) is 12.5. The topological polar surface area (TPSA) is 119 Å². The number of hydrogen-bond donors (Lipinski definition) is 3. The number of carboxylic acids is 1. The van der Waals surface area contributed by atoms with Gasteiger partial charge in [0, 0.05) is 12.8 Å². The second kappa shape index (κ2) is 40.0. The standard InChI is InChI=1S/C45H84N2O5/c1-3-5-7-9-11-12-13-14-15-16-17-18-19-20-21-22-23-24-25-27-33-39-44(49)52-41(35-30-26-10-8-6-4-2)36-31-28-29-32-38-43(48)47-42(45(50)51)37-34-40-46/h8,10,30,35,41-42H,3-7,9,11-29,31-34,36-40,46H2,1-2H3,(H,47,48)(H,50,51)/b10-8-,35-30-. The number of ether oxygens (including phenoxy) is 1. The molecule has 0 bridgehead atoms. The van der Waals surface area contributed by atoms with Gasteiger partial charge in [0.05, 0.1) is 0 Å². The van der Waals surface area contributed by atoms with E-state index in [1.807, 2.05) is 6.08 Å². The van der Waals surface area contributed by atoms with Gasteiger partial charge in [0.15, 0.2) is 0 Å². The van der Waals surface area contributed by atoms with Crippen molar-refractivity contribution in [2.75, 3.05) is 6.54 Å². The smallest absolute Gasteiger partial charge is 0.326 e. The predicted molar refractivity (Wildman–Crippen MR) is 220 cm³/mol. The van der Waals surface area contributed by atoms with E-state index < -0.39 is 12.0 Å². The number of amides is 1.